The fourth-order valence-electron chi connectivity index (χ4n) is 2.20. The van der Waals surface area contributed by atoms with Crippen LogP contribution in [0.15, 0.2) is 52.2 Å². The number of ether oxygens (including phenoxy) is 1. The molecule has 6 heteroatoms. The summed E-state index contributed by atoms with van der Waals surface area (Å²) in [6.07, 6.45) is 3.55. The molecule has 0 saturated heterocycles. The van der Waals surface area contributed by atoms with Gasteiger partial charge in [-0.25, -0.2) is 9.59 Å². The van der Waals surface area contributed by atoms with Crippen LogP contribution in [-0.2, 0) is 9.53 Å². The van der Waals surface area contributed by atoms with Crippen molar-refractivity contribution in [3.8, 4) is 0 Å². The van der Waals surface area contributed by atoms with Gasteiger partial charge in [0.25, 0.3) is 0 Å². The van der Waals surface area contributed by atoms with Gasteiger partial charge in [-0.05, 0) is 31.5 Å². The molecule has 0 bridgehead atoms. The van der Waals surface area contributed by atoms with Gasteiger partial charge in [0.05, 0.1) is 11.6 Å². The molecule has 2 amide bonds. The third kappa shape index (κ3) is 3.76. The number of urea groups is 1. The Morgan fingerprint density at radius 1 is 1.45 bits per heavy atom. The zero-order chi connectivity index (χ0) is 16.1. The van der Waals surface area contributed by atoms with E-state index in [2.05, 4.69) is 26.6 Å². The molecule has 0 saturated carbocycles. The monoisotopic (exact) mass is 364 g/mol. The second-order valence-corrected chi connectivity index (χ2v) is 5.71. The van der Waals surface area contributed by atoms with E-state index in [9.17, 15) is 9.59 Å². The summed E-state index contributed by atoms with van der Waals surface area (Å²) in [5.74, 6) is -0.451. The molecule has 22 heavy (non-hydrogen) atoms. The molecule has 1 heterocycles. The Morgan fingerprint density at radius 2 is 2.23 bits per heavy atom. The zero-order valence-electron chi connectivity index (χ0n) is 12.4. The van der Waals surface area contributed by atoms with E-state index in [1.807, 2.05) is 31.2 Å². The van der Waals surface area contributed by atoms with Crippen LogP contribution in [0.2, 0.25) is 0 Å². The van der Waals surface area contributed by atoms with E-state index < -0.39 is 12.0 Å². The fourth-order valence-corrected chi connectivity index (χ4v) is 2.62. The maximum atomic E-state index is 12.3. The number of hydrogen-bond acceptors (Lipinski definition) is 3. The predicted octanol–water partition coefficient (Wildman–Crippen LogP) is 3.20. The highest BCUT2D eigenvalue weighted by molar-refractivity contribution is 9.10. The number of nitrogens with one attached hydrogen (secondary N) is 2. The number of halogens is 1. The lowest BCUT2D eigenvalue weighted by atomic mass is 9.96. The molecule has 2 rings (SSSR count). The largest absolute Gasteiger partial charge is 0.458 e. The minimum Gasteiger partial charge on any atom is -0.458 e. The third-order valence-corrected chi connectivity index (χ3v) is 3.71. The topological polar surface area (TPSA) is 67.4 Å². The van der Waals surface area contributed by atoms with Crippen molar-refractivity contribution in [3.63, 3.8) is 0 Å². The number of hydrogen-bond donors (Lipinski definition) is 2. The highest BCUT2D eigenvalue weighted by Crippen LogP contribution is 2.29. The molecule has 2 N–H and O–H groups in total. The third-order valence-electron chi connectivity index (χ3n) is 3.22. The molecule has 116 valence electrons. The van der Waals surface area contributed by atoms with Crippen LogP contribution >= 0.6 is 15.9 Å². The van der Waals surface area contributed by atoms with Crippen LogP contribution in [0.1, 0.15) is 25.5 Å². The lowest BCUT2D eigenvalue weighted by molar-refractivity contribution is -0.138. The standard InChI is InChI=1S/C16H17BrN2O3/c1-3-4-8-22-15(20)13-10(2)18-16(21)19-14(13)11-6-5-7-12(17)9-11/h3-7,9,14H,8H2,1-2H3,(H2,18,19,21). The summed E-state index contributed by atoms with van der Waals surface area (Å²) < 4.78 is 6.10. The van der Waals surface area contributed by atoms with Crippen LogP contribution in [0.3, 0.4) is 0 Å². The molecular formula is C16H17BrN2O3. The van der Waals surface area contributed by atoms with E-state index in [1.54, 1.807) is 19.1 Å². The first-order chi connectivity index (χ1) is 10.5. The molecule has 1 aliphatic rings. The van der Waals surface area contributed by atoms with E-state index >= 15 is 0 Å². The van der Waals surface area contributed by atoms with E-state index in [4.69, 9.17) is 4.74 Å². The summed E-state index contributed by atoms with van der Waals surface area (Å²) in [6.45, 7) is 3.74. The summed E-state index contributed by atoms with van der Waals surface area (Å²) in [5.41, 5.74) is 1.71. The molecule has 1 unspecified atom stereocenters. The lowest BCUT2D eigenvalue weighted by Crippen LogP contribution is -2.45. The zero-order valence-corrected chi connectivity index (χ0v) is 13.9. The van der Waals surface area contributed by atoms with Crippen LogP contribution in [0.25, 0.3) is 0 Å². The van der Waals surface area contributed by atoms with Crippen molar-refractivity contribution in [1.29, 1.82) is 0 Å². The Labute approximate surface area is 137 Å². The van der Waals surface area contributed by atoms with Crippen LogP contribution in [-0.4, -0.2) is 18.6 Å². The van der Waals surface area contributed by atoms with Gasteiger partial charge in [0.15, 0.2) is 0 Å². The van der Waals surface area contributed by atoms with Crippen molar-refractivity contribution in [2.24, 2.45) is 0 Å². The average molecular weight is 365 g/mol. The maximum Gasteiger partial charge on any atom is 0.338 e. The predicted molar refractivity (Wildman–Crippen MR) is 87.0 cm³/mol. The lowest BCUT2D eigenvalue weighted by Gasteiger charge is -2.28. The first-order valence-corrected chi connectivity index (χ1v) is 7.64. The molecule has 0 fully saturated rings. The number of amides is 2. The number of benzene rings is 1. The normalized spacial score (nSPS) is 18.1. The van der Waals surface area contributed by atoms with E-state index in [0.717, 1.165) is 10.0 Å². The highest BCUT2D eigenvalue weighted by Gasteiger charge is 2.32. The Kier molecular flexibility index (Phi) is 5.38. The minimum atomic E-state index is -0.538. The quantitative estimate of drug-likeness (QED) is 0.636. The van der Waals surface area contributed by atoms with Crippen molar-refractivity contribution >= 4 is 27.9 Å². The Morgan fingerprint density at radius 3 is 2.91 bits per heavy atom. The summed E-state index contributed by atoms with van der Waals surface area (Å²) in [6, 6.07) is 6.58. The van der Waals surface area contributed by atoms with Gasteiger partial charge < -0.3 is 15.4 Å². The Balaban J connectivity index is 2.34. The molecule has 1 aromatic carbocycles. The minimum absolute atomic E-state index is 0.200. The molecule has 0 aliphatic carbocycles. The maximum absolute atomic E-state index is 12.3. The highest BCUT2D eigenvalue weighted by atomic mass is 79.9. The summed E-state index contributed by atoms with van der Waals surface area (Å²) in [7, 11) is 0. The van der Waals surface area contributed by atoms with Gasteiger partial charge in [-0.15, -0.1) is 0 Å². The smallest absolute Gasteiger partial charge is 0.338 e. The van der Waals surface area contributed by atoms with Gasteiger partial charge >= 0.3 is 12.0 Å². The van der Waals surface area contributed by atoms with Gasteiger partial charge in [-0.2, -0.15) is 0 Å². The average Bonchev–Trinajstić information content (AvgIpc) is 2.46. The van der Waals surface area contributed by atoms with Crippen molar-refractivity contribution in [2.45, 2.75) is 19.9 Å². The van der Waals surface area contributed by atoms with Crippen molar-refractivity contribution in [3.05, 3.63) is 57.7 Å². The van der Waals surface area contributed by atoms with E-state index in [-0.39, 0.29) is 12.6 Å². The molecule has 1 atom stereocenters. The summed E-state index contributed by atoms with van der Waals surface area (Å²) >= 11 is 3.40. The molecule has 0 aromatic heterocycles. The van der Waals surface area contributed by atoms with Crippen LogP contribution < -0.4 is 10.6 Å². The Bertz CT molecular complexity index is 653. The van der Waals surface area contributed by atoms with Gasteiger partial charge in [-0.1, -0.05) is 40.2 Å². The van der Waals surface area contributed by atoms with Crippen LogP contribution in [0.5, 0.6) is 0 Å². The first-order valence-electron chi connectivity index (χ1n) is 6.85. The Hall–Kier alpha value is -2.08. The van der Waals surface area contributed by atoms with Gasteiger partial charge in [-0.3, -0.25) is 0 Å². The summed E-state index contributed by atoms with van der Waals surface area (Å²) in [4.78, 5) is 24.1. The SMILES string of the molecule is CC=CCOC(=O)C1=C(C)NC(=O)NC1c1cccc(Br)c1. The van der Waals surface area contributed by atoms with Crippen molar-refractivity contribution in [1.82, 2.24) is 10.6 Å². The molecular weight excluding hydrogens is 348 g/mol. The number of esters is 1. The van der Waals surface area contributed by atoms with Gasteiger partial charge in [0.2, 0.25) is 0 Å². The fraction of sp³-hybridized carbons (Fsp3) is 0.250. The second kappa shape index (κ2) is 7.26. The molecule has 0 spiro atoms. The van der Waals surface area contributed by atoms with Crippen molar-refractivity contribution < 1.29 is 14.3 Å². The number of carbonyl (C=O) groups is 2. The van der Waals surface area contributed by atoms with E-state index in [0.29, 0.717) is 11.3 Å². The number of carbonyl (C=O) groups excluding carboxylic acids is 2. The van der Waals surface area contributed by atoms with Crippen LogP contribution in [0, 0.1) is 0 Å². The molecule has 1 aliphatic heterocycles. The second-order valence-electron chi connectivity index (χ2n) is 4.79. The number of allylic oxidation sites excluding steroid dienone is 2. The van der Waals surface area contributed by atoms with Crippen LogP contribution in [0.4, 0.5) is 4.79 Å². The van der Waals surface area contributed by atoms with Crippen molar-refractivity contribution in [2.75, 3.05) is 6.61 Å². The van der Waals surface area contributed by atoms with E-state index in [1.165, 1.54) is 0 Å². The molecule has 0 radical (unpaired) electrons. The van der Waals surface area contributed by atoms with Gasteiger partial charge in [0, 0.05) is 10.2 Å². The number of rotatable bonds is 4. The molecule has 5 nitrogen and oxygen atoms in total. The summed E-state index contributed by atoms with van der Waals surface area (Å²) in [5, 5.41) is 5.38. The first kappa shape index (κ1) is 16.3. The molecule has 1 aromatic rings. The van der Waals surface area contributed by atoms with Gasteiger partial charge in [0.1, 0.15) is 6.61 Å².